The second-order valence-electron chi connectivity index (χ2n) is 4.42. The summed E-state index contributed by atoms with van der Waals surface area (Å²) in [6, 6.07) is 1.02. The maximum Gasteiger partial charge on any atom is 0.325 e. The van der Waals surface area contributed by atoms with Crippen LogP contribution < -0.4 is 0 Å². The summed E-state index contributed by atoms with van der Waals surface area (Å²) in [6.45, 7) is 9.94. The molecule has 0 fully saturated rings. The van der Waals surface area contributed by atoms with Crippen molar-refractivity contribution in [3.8, 4) is 0 Å². The summed E-state index contributed by atoms with van der Waals surface area (Å²) >= 11 is 0. The van der Waals surface area contributed by atoms with Gasteiger partial charge in [0.2, 0.25) is 9.04 Å². The molecule has 0 aliphatic carbocycles. The van der Waals surface area contributed by atoms with E-state index < -0.39 is 9.04 Å². The zero-order chi connectivity index (χ0) is 13.1. The predicted octanol–water partition coefficient (Wildman–Crippen LogP) is 3.97. The van der Waals surface area contributed by atoms with Crippen molar-refractivity contribution >= 4 is 15.0 Å². The number of unbranched alkanes of at least 4 members (excludes halogenated alkanes) is 1. The zero-order valence-electron chi connectivity index (χ0n) is 11.5. The van der Waals surface area contributed by atoms with E-state index in [1.54, 1.807) is 0 Å². The van der Waals surface area contributed by atoms with Gasteiger partial charge in [0.1, 0.15) is 0 Å². The molecule has 0 aromatic carbocycles. The molecular formula is C14H26O2Si. The molecule has 2 unspecified atom stereocenters. The maximum atomic E-state index is 11.4. The topological polar surface area (TPSA) is 26.3 Å². The minimum atomic E-state index is -1.42. The molecule has 0 rings (SSSR count). The van der Waals surface area contributed by atoms with E-state index in [9.17, 15) is 4.79 Å². The van der Waals surface area contributed by atoms with Gasteiger partial charge in [-0.05, 0) is 18.0 Å². The molecule has 0 radical (unpaired) electrons. The first-order valence-electron chi connectivity index (χ1n) is 6.75. The van der Waals surface area contributed by atoms with E-state index in [1.165, 1.54) is 38.2 Å². The quantitative estimate of drug-likeness (QED) is 0.353. The first kappa shape index (κ1) is 16.2. The molecule has 2 nitrogen and oxygen atoms in total. The van der Waals surface area contributed by atoms with Crippen molar-refractivity contribution < 1.29 is 9.22 Å². The Morgan fingerprint density at radius 2 is 2.06 bits per heavy atom. The Kier molecular flexibility index (Phi) is 9.88. The minimum absolute atomic E-state index is 0.254. The van der Waals surface area contributed by atoms with Crippen LogP contribution in [-0.4, -0.2) is 15.0 Å². The molecule has 2 atom stereocenters. The second kappa shape index (κ2) is 10.4. The van der Waals surface area contributed by atoms with E-state index in [-0.39, 0.29) is 5.97 Å². The van der Waals surface area contributed by atoms with Crippen molar-refractivity contribution in [2.45, 2.75) is 64.5 Å². The van der Waals surface area contributed by atoms with Gasteiger partial charge >= 0.3 is 5.97 Å². The first-order valence-corrected chi connectivity index (χ1v) is 8.71. The Morgan fingerprint density at radius 3 is 2.53 bits per heavy atom. The fourth-order valence-corrected chi connectivity index (χ4v) is 4.84. The third-order valence-electron chi connectivity index (χ3n) is 3.00. The Morgan fingerprint density at radius 1 is 1.35 bits per heavy atom. The van der Waals surface area contributed by atoms with E-state index >= 15 is 0 Å². The fraction of sp³-hybridized carbons (Fsp3) is 0.714. The first-order chi connectivity index (χ1) is 8.19. The summed E-state index contributed by atoms with van der Waals surface area (Å²) in [5.41, 5.74) is 3.12. The van der Waals surface area contributed by atoms with Crippen molar-refractivity contribution in [3.05, 3.63) is 18.4 Å². The number of hydrogen-bond acceptors (Lipinski definition) is 2. The van der Waals surface area contributed by atoms with Gasteiger partial charge in [-0.25, -0.2) is 4.79 Å². The van der Waals surface area contributed by atoms with Crippen molar-refractivity contribution in [2.24, 2.45) is 0 Å². The molecule has 0 bridgehead atoms. The summed E-state index contributed by atoms with van der Waals surface area (Å²) in [5, 5.41) is 0. The highest BCUT2D eigenvalue weighted by Crippen LogP contribution is 2.27. The van der Waals surface area contributed by atoms with Crippen LogP contribution in [0.15, 0.2) is 18.4 Å². The lowest BCUT2D eigenvalue weighted by Crippen LogP contribution is -2.27. The molecule has 0 aliphatic heterocycles. The highest BCUT2D eigenvalue weighted by molar-refractivity contribution is 6.55. The lowest BCUT2D eigenvalue weighted by Gasteiger charge is -2.23. The molecule has 0 saturated heterocycles. The van der Waals surface area contributed by atoms with Crippen LogP contribution in [0, 0.1) is 0 Å². The molecule has 98 valence electrons. The van der Waals surface area contributed by atoms with Crippen LogP contribution in [0.4, 0.5) is 0 Å². The van der Waals surface area contributed by atoms with Crippen LogP contribution in [0.5, 0.6) is 0 Å². The van der Waals surface area contributed by atoms with Gasteiger partial charge in [0.15, 0.2) is 0 Å². The maximum absolute atomic E-state index is 11.4. The summed E-state index contributed by atoms with van der Waals surface area (Å²) in [4.78, 5) is 11.4. The number of hydrogen-bond donors (Lipinski definition) is 0. The smallest absolute Gasteiger partial charge is 0.325 e. The Balaban J connectivity index is 4.41. The van der Waals surface area contributed by atoms with Gasteiger partial charge in [-0.1, -0.05) is 53.0 Å². The zero-order valence-corrected chi connectivity index (χ0v) is 12.7. The standard InChI is InChI=1S/C14H26O2Si/c1-5-9-12-13(10-6-2)17(8-4)16-14(15)11-7-3/h11,13,17H,3,5-6,8-10,12H2,1-2,4H3. The molecule has 0 amide bonds. The summed E-state index contributed by atoms with van der Waals surface area (Å²) in [6.07, 6.45) is 7.33. The van der Waals surface area contributed by atoms with Crippen molar-refractivity contribution in [2.75, 3.05) is 0 Å². The number of carbonyl (C=O) groups is 1. The van der Waals surface area contributed by atoms with E-state index in [1.807, 2.05) is 0 Å². The van der Waals surface area contributed by atoms with E-state index in [0.717, 1.165) is 6.04 Å². The minimum Gasteiger partial charge on any atom is -0.518 e. The molecule has 0 spiro atoms. The van der Waals surface area contributed by atoms with Crippen LogP contribution in [-0.2, 0) is 9.22 Å². The molecule has 3 heteroatoms. The Bertz CT molecular complexity index is 257. The molecular weight excluding hydrogens is 228 g/mol. The Labute approximate surface area is 107 Å². The highest BCUT2D eigenvalue weighted by atomic mass is 28.3. The Hall–Kier alpha value is -0.793. The fourth-order valence-electron chi connectivity index (χ4n) is 2.13. The van der Waals surface area contributed by atoms with Crippen molar-refractivity contribution in [3.63, 3.8) is 0 Å². The highest BCUT2D eigenvalue weighted by Gasteiger charge is 2.24. The lowest BCUT2D eigenvalue weighted by molar-refractivity contribution is -0.129. The average Bonchev–Trinajstić information content (AvgIpc) is 2.32. The summed E-state index contributed by atoms with van der Waals surface area (Å²) in [5.74, 6) is -0.254. The molecule has 0 N–H and O–H groups in total. The molecule has 0 aromatic rings. The largest absolute Gasteiger partial charge is 0.518 e. The van der Waals surface area contributed by atoms with Gasteiger partial charge in [-0.2, -0.15) is 0 Å². The molecule has 17 heavy (non-hydrogen) atoms. The van der Waals surface area contributed by atoms with Crippen LogP contribution in [0.1, 0.15) is 52.9 Å². The van der Waals surface area contributed by atoms with E-state index in [0.29, 0.717) is 5.54 Å². The average molecular weight is 254 g/mol. The molecule has 0 saturated carbocycles. The van der Waals surface area contributed by atoms with Gasteiger partial charge in [-0.15, -0.1) is 5.73 Å². The van der Waals surface area contributed by atoms with Crippen molar-refractivity contribution in [1.82, 2.24) is 0 Å². The normalized spacial score (nSPS) is 13.6. The van der Waals surface area contributed by atoms with Crippen LogP contribution >= 0.6 is 0 Å². The van der Waals surface area contributed by atoms with Gasteiger partial charge in [0, 0.05) is 0 Å². The lowest BCUT2D eigenvalue weighted by atomic mass is 10.1. The SMILES string of the molecule is C=C=CC(=O)O[SiH](CC)C(CCC)CCCC. The number of rotatable bonds is 9. The van der Waals surface area contributed by atoms with Crippen molar-refractivity contribution in [1.29, 1.82) is 0 Å². The second-order valence-corrected chi connectivity index (χ2v) is 7.49. The van der Waals surface area contributed by atoms with E-state index in [2.05, 4.69) is 33.1 Å². The van der Waals surface area contributed by atoms with Gasteiger partial charge in [-0.3, -0.25) is 0 Å². The third kappa shape index (κ3) is 7.19. The summed E-state index contributed by atoms with van der Waals surface area (Å²) in [7, 11) is -1.42. The monoisotopic (exact) mass is 254 g/mol. The molecule has 0 heterocycles. The molecule has 0 aliphatic rings. The van der Waals surface area contributed by atoms with Crippen LogP contribution in [0.25, 0.3) is 0 Å². The van der Waals surface area contributed by atoms with Crippen LogP contribution in [0.2, 0.25) is 11.6 Å². The van der Waals surface area contributed by atoms with Crippen LogP contribution in [0.3, 0.4) is 0 Å². The predicted molar refractivity (Wildman–Crippen MR) is 75.6 cm³/mol. The summed E-state index contributed by atoms with van der Waals surface area (Å²) < 4.78 is 5.59. The molecule has 0 aromatic heterocycles. The van der Waals surface area contributed by atoms with Gasteiger partial charge in [0.05, 0.1) is 6.08 Å². The van der Waals surface area contributed by atoms with E-state index in [4.69, 9.17) is 4.43 Å². The van der Waals surface area contributed by atoms with Gasteiger partial charge < -0.3 is 4.43 Å². The van der Waals surface area contributed by atoms with Gasteiger partial charge in [0.25, 0.3) is 0 Å². The number of carbonyl (C=O) groups excluding carboxylic acids is 1. The third-order valence-corrected chi connectivity index (χ3v) is 6.06.